The highest BCUT2D eigenvalue weighted by Gasteiger charge is 2.26. The normalized spacial score (nSPS) is 11.7. The fourth-order valence-corrected chi connectivity index (χ4v) is 5.53. The highest BCUT2D eigenvalue weighted by molar-refractivity contribution is 7.89. The molecule has 0 aliphatic rings. The molecule has 7 nitrogen and oxygen atoms in total. The number of rotatable bonds is 10. The minimum atomic E-state index is -3.89. The van der Waals surface area contributed by atoms with E-state index in [-0.39, 0.29) is 23.5 Å². The van der Waals surface area contributed by atoms with E-state index in [2.05, 4.69) is 4.98 Å². The summed E-state index contributed by atoms with van der Waals surface area (Å²) in [6.45, 7) is 4.58. The van der Waals surface area contributed by atoms with Crippen molar-refractivity contribution in [3.05, 3.63) is 99.8 Å². The summed E-state index contributed by atoms with van der Waals surface area (Å²) < 4.78 is 39.5. The predicted octanol–water partition coefficient (Wildman–Crippen LogP) is 4.68. The Balaban J connectivity index is 1.71. The number of H-pyrrole nitrogens is 1. The summed E-state index contributed by atoms with van der Waals surface area (Å²) in [6.07, 6.45) is 0.516. The summed E-state index contributed by atoms with van der Waals surface area (Å²) in [5.41, 5.74) is 2.85. The lowest BCUT2D eigenvalue weighted by molar-refractivity contribution is 0.340. The van der Waals surface area contributed by atoms with Crippen molar-refractivity contribution >= 4 is 20.9 Å². The molecule has 4 aromatic rings. The molecule has 0 aliphatic carbocycles. The maximum atomic E-state index is 13.7. The van der Waals surface area contributed by atoms with Crippen LogP contribution in [0.3, 0.4) is 0 Å². The van der Waals surface area contributed by atoms with Crippen LogP contribution in [0.2, 0.25) is 0 Å². The largest absolute Gasteiger partial charge is 0.497 e. The summed E-state index contributed by atoms with van der Waals surface area (Å²) >= 11 is 0. The first kappa shape index (κ1) is 25.5. The Kier molecular flexibility index (Phi) is 7.76. The van der Waals surface area contributed by atoms with Crippen molar-refractivity contribution in [2.45, 2.75) is 31.7 Å². The number of sulfonamides is 1. The Hall–Kier alpha value is -3.62. The molecule has 1 aromatic heterocycles. The molecule has 0 bridgehead atoms. The third kappa shape index (κ3) is 5.61. The van der Waals surface area contributed by atoms with Crippen molar-refractivity contribution in [2.75, 3.05) is 20.3 Å². The molecule has 0 saturated carbocycles. The molecule has 0 radical (unpaired) electrons. The van der Waals surface area contributed by atoms with E-state index in [0.717, 1.165) is 16.5 Å². The monoisotopic (exact) mass is 506 g/mol. The lowest BCUT2D eigenvalue weighted by Crippen LogP contribution is -2.34. The SMILES string of the molecule is CCOc1ccc2[nH]c(=O)c(CN(CCc3ccccc3C)S(=O)(=O)c3ccc(OC)cc3)cc2c1. The van der Waals surface area contributed by atoms with Crippen LogP contribution in [0.1, 0.15) is 23.6 Å². The van der Waals surface area contributed by atoms with E-state index in [1.807, 2.05) is 44.2 Å². The van der Waals surface area contributed by atoms with E-state index in [9.17, 15) is 13.2 Å². The molecule has 0 atom stereocenters. The lowest BCUT2D eigenvalue weighted by atomic mass is 10.1. The van der Waals surface area contributed by atoms with Crippen molar-refractivity contribution in [1.29, 1.82) is 0 Å². The number of hydrogen-bond acceptors (Lipinski definition) is 5. The third-order valence-electron chi connectivity index (χ3n) is 6.14. The van der Waals surface area contributed by atoms with Crippen LogP contribution in [0.4, 0.5) is 0 Å². The number of hydrogen-bond donors (Lipinski definition) is 1. The second kappa shape index (κ2) is 11.0. The van der Waals surface area contributed by atoms with Gasteiger partial charge in [-0.25, -0.2) is 8.42 Å². The average molecular weight is 507 g/mol. The van der Waals surface area contributed by atoms with Gasteiger partial charge in [0, 0.05) is 29.6 Å². The third-order valence-corrected chi connectivity index (χ3v) is 8.00. The molecule has 0 saturated heterocycles. The molecule has 188 valence electrons. The summed E-state index contributed by atoms with van der Waals surface area (Å²) in [7, 11) is -2.37. The van der Waals surface area contributed by atoms with Gasteiger partial charge in [-0.3, -0.25) is 4.79 Å². The molecular weight excluding hydrogens is 476 g/mol. The number of ether oxygens (including phenoxy) is 2. The van der Waals surface area contributed by atoms with Crippen LogP contribution in [0.15, 0.2) is 82.5 Å². The topological polar surface area (TPSA) is 88.7 Å². The van der Waals surface area contributed by atoms with Gasteiger partial charge in [0.2, 0.25) is 10.0 Å². The number of aromatic nitrogens is 1. The highest BCUT2D eigenvalue weighted by Crippen LogP contribution is 2.24. The van der Waals surface area contributed by atoms with Gasteiger partial charge in [0.1, 0.15) is 11.5 Å². The Morgan fingerprint density at radius 2 is 1.64 bits per heavy atom. The summed E-state index contributed by atoms with van der Waals surface area (Å²) in [6, 6.07) is 21.3. The van der Waals surface area contributed by atoms with E-state index in [0.29, 0.717) is 35.6 Å². The number of nitrogens with one attached hydrogen (secondary N) is 1. The van der Waals surface area contributed by atoms with Crippen molar-refractivity contribution in [1.82, 2.24) is 9.29 Å². The number of aryl methyl sites for hydroxylation is 1. The first-order valence-electron chi connectivity index (χ1n) is 11.8. The van der Waals surface area contributed by atoms with Crippen molar-refractivity contribution < 1.29 is 17.9 Å². The van der Waals surface area contributed by atoms with Crippen LogP contribution in [0, 0.1) is 6.92 Å². The number of pyridine rings is 1. The summed E-state index contributed by atoms with van der Waals surface area (Å²) in [5, 5.41) is 0.774. The van der Waals surface area contributed by atoms with Gasteiger partial charge < -0.3 is 14.5 Å². The fraction of sp³-hybridized carbons (Fsp3) is 0.250. The maximum Gasteiger partial charge on any atom is 0.252 e. The van der Waals surface area contributed by atoms with Gasteiger partial charge in [0.05, 0.1) is 18.6 Å². The van der Waals surface area contributed by atoms with Gasteiger partial charge in [-0.2, -0.15) is 4.31 Å². The molecule has 0 unspecified atom stereocenters. The van der Waals surface area contributed by atoms with E-state index in [1.54, 1.807) is 30.3 Å². The van der Waals surface area contributed by atoms with Crippen LogP contribution in [-0.4, -0.2) is 38.0 Å². The Morgan fingerprint density at radius 3 is 2.33 bits per heavy atom. The Labute approximate surface area is 211 Å². The Morgan fingerprint density at radius 1 is 0.917 bits per heavy atom. The standard InChI is InChI=1S/C28H30N2O5S/c1-4-35-25-11-14-27-22(18-25)17-23(28(31)29-27)19-30(16-15-21-8-6-5-7-20(21)2)36(32,33)26-12-9-24(34-3)10-13-26/h5-14,17-18H,4,15-16,19H2,1-3H3,(H,29,31). The van der Waals surface area contributed by atoms with Gasteiger partial charge in [-0.05, 0) is 79.9 Å². The molecule has 4 rings (SSSR count). The average Bonchev–Trinajstić information content (AvgIpc) is 2.88. The molecule has 1 heterocycles. The highest BCUT2D eigenvalue weighted by atomic mass is 32.2. The van der Waals surface area contributed by atoms with E-state index < -0.39 is 10.0 Å². The smallest absolute Gasteiger partial charge is 0.252 e. The number of benzene rings is 3. The second-order valence-electron chi connectivity index (χ2n) is 8.50. The molecule has 0 amide bonds. The number of fused-ring (bicyclic) bond motifs is 1. The van der Waals surface area contributed by atoms with Crippen molar-refractivity contribution in [2.24, 2.45) is 0 Å². The Bertz CT molecular complexity index is 1510. The number of methoxy groups -OCH3 is 1. The van der Waals surface area contributed by atoms with Gasteiger partial charge in [0.25, 0.3) is 5.56 Å². The van der Waals surface area contributed by atoms with Crippen LogP contribution in [-0.2, 0) is 23.0 Å². The van der Waals surface area contributed by atoms with Crippen LogP contribution in [0.5, 0.6) is 11.5 Å². The van der Waals surface area contributed by atoms with Crippen LogP contribution in [0.25, 0.3) is 10.9 Å². The van der Waals surface area contributed by atoms with Gasteiger partial charge in [0.15, 0.2) is 0 Å². The molecular formula is C28H30N2O5S. The molecule has 3 aromatic carbocycles. The molecule has 36 heavy (non-hydrogen) atoms. The molecule has 0 spiro atoms. The first-order valence-corrected chi connectivity index (χ1v) is 13.2. The zero-order chi connectivity index (χ0) is 25.7. The first-order chi connectivity index (χ1) is 17.3. The minimum absolute atomic E-state index is 0.0651. The molecule has 0 fully saturated rings. The van der Waals surface area contributed by atoms with E-state index >= 15 is 0 Å². The molecule has 8 heteroatoms. The van der Waals surface area contributed by atoms with Gasteiger partial charge in [-0.15, -0.1) is 0 Å². The molecule has 1 N–H and O–H groups in total. The molecule has 0 aliphatic heterocycles. The van der Waals surface area contributed by atoms with Crippen molar-refractivity contribution in [3.63, 3.8) is 0 Å². The lowest BCUT2D eigenvalue weighted by Gasteiger charge is -2.23. The second-order valence-corrected chi connectivity index (χ2v) is 10.4. The van der Waals surface area contributed by atoms with Gasteiger partial charge in [-0.1, -0.05) is 24.3 Å². The quantitative estimate of drug-likeness (QED) is 0.337. The summed E-state index contributed by atoms with van der Waals surface area (Å²) in [4.78, 5) is 15.9. The van der Waals surface area contributed by atoms with Crippen LogP contribution >= 0.6 is 0 Å². The minimum Gasteiger partial charge on any atom is -0.497 e. The maximum absolute atomic E-state index is 13.7. The van der Waals surface area contributed by atoms with E-state index in [1.165, 1.54) is 23.5 Å². The van der Waals surface area contributed by atoms with Gasteiger partial charge >= 0.3 is 0 Å². The van der Waals surface area contributed by atoms with Crippen LogP contribution < -0.4 is 15.0 Å². The summed E-state index contributed by atoms with van der Waals surface area (Å²) in [5.74, 6) is 1.25. The zero-order valence-corrected chi connectivity index (χ0v) is 21.5. The zero-order valence-electron chi connectivity index (χ0n) is 20.7. The number of nitrogens with zero attached hydrogens (tertiary/aromatic N) is 1. The number of aromatic amines is 1. The van der Waals surface area contributed by atoms with E-state index in [4.69, 9.17) is 9.47 Å². The predicted molar refractivity (Wildman–Crippen MR) is 141 cm³/mol. The van der Waals surface area contributed by atoms with Crippen molar-refractivity contribution in [3.8, 4) is 11.5 Å². The fourth-order valence-electron chi connectivity index (χ4n) is 4.11.